The lowest BCUT2D eigenvalue weighted by molar-refractivity contribution is 0.157. The van der Waals surface area contributed by atoms with Crippen molar-refractivity contribution in [1.29, 1.82) is 0 Å². The van der Waals surface area contributed by atoms with Gasteiger partial charge < -0.3 is 5.73 Å². The zero-order valence-electron chi connectivity index (χ0n) is 10.1. The minimum atomic E-state index is -0.117. The number of benzene rings is 1. The molecule has 0 amide bonds. The molecule has 2 N–H and O–H groups in total. The summed E-state index contributed by atoms with van der Waals surface area (Å²) in [4.78, 5) is 2.27. The number of likely N-dealkylation sites (tertiary alicyclic amines) is 1. The van der Waals surface area contributed by atoms with Crippen LogP contribution in [0.3, 0.4) is 0 Å². The van der Waals surface area contributed by atoms with E-state index < -0.39 is 0 Å². The minimum absolute atomic E-state index is 0. The first kappa shape index (κ1) is 14.4. The van der Waals surface area contributed by atoms with Gasteiger partial charge >= 0.3 is 0 Å². The van der Waals surface area contributed by atoms with Crippen LogP contribution in [0.1, 0.15) is 31.4 Å². The van der Waals surface area contributed by atoms with Crippen LogP contribution in [0.2, 0.25) is 0 Å². The maximum Gasteiger partial charge on any atom is 0.127 e. The van der Waals surface area contributed by atoms with Gasteiger partial charge in [0.15, 0.2) is 0 Å². The van der Waals surface area contributed by atoms with Gasteiger partial charge in [-0.3, -0.25) is 4.90 Å². The first-order valence-corrected chi connectivity index (χ1v) is 5.92. The van der Waals surface area contributed by atoms with Crippen LogP contribution in [-0.2, 0) is 0 Å². The van der Waals surface area contributed by atoms with Gasteiger partial charge in [-0.05, 0) is 32.4 Å². The van der Waals surface area contributed by atoms with Crippen LogP contribution in [0, 0.1) is 5.82 Å². The van der Waals surface area contributed by atoms with Crippen molar-refractivity contribution in [3.8, 4) is 0 Å². The van der Waals surface area contributed by atoms with Crippen LogP contribution in [-0.4, -0.2) is 24.0 Å². The summed E-state index contributed by atoms with van der Waals surface area (Å²) in [5.41, 5.74) is 6.72. The molecule has 0 aliphatic carbocycles. The Morgan fingerprint density at radius 2 is 2.12 bits per heavy atom. The van der Waals surface area contributed by atoms with Crippen molar-refractivity contribution >= 4 is 12.4 Å². The van der Waals surface area contributed by atoms with Crippen LogP contribution in [0.25, 0.3) is 0 Å². The van der Waals surface area contributed by atoms with Gasteiger partial charge in [0.2, 0.25) is 0 Å². The molecule has 1 aliphatic heterocycles. The van der Waals surface area contributed by atoms with Crippen molar-refractivity contribution in [2.45, 2.75) is 31.8 Å². The Morgan fingerprint density at radius 1 is 1.41 bits per heavy atom. The Labute approximate surface area is 108 Å². The molecule has 2 nitrogen and oxygen atoms in total. The van der Waals surface area contributed by atoms with Gasteiger partial charge in [-0.1, -0.05) is 18.2 Å². The van der Waals surface area contributed by atoms with Crippen molar-refractivity contribution in [2.24, 2.45) is 5.73 Å². The molecule has 2 unspecified atom stereocenters. The average molecular weight is 259 g/mol. The zero-order valence-corrected chi connectivity index (χ0v) is 10.9. The van der Waals surface area contributed by atoms with Crippen LogP contribution in [0.5, 0.6) is 0 Å². The molecule has 0 bridgehead atoms. The lowest BCUT2D eigenvalue weighted by Crippen LogP contribution is -2.43. The summed E-state index contributed by atoms with van der Waals surface area (Å²) in [6.45, 7) is 3.94. The van der Waals surface area contributed by atoms with Gasteiger partial charge in [0.1, 0.15) is 5.82 Å². The van der Waals surface area contributed by atoms with Crippen molar-refractivity contribution in [2.75, 3.05) is 13.1 Å². The van der Waals surface area contributed by atoms with Crippen LogP contribution < -0.4 is 5.73 Å². The molecule has 0 saturated carbocycles. The topological polar surface area (TPSA) is 29.3 Å². The Bertz CT molecular complexity index is 359. The normalized spacial score (nSPS) is 22.9. The number of rotatable bonds is 2. The lowest BCUT2D eigenvalue weighted by Gasteiger charge is -2.35. The van der Waals surface area contributed by atoms with Gasteiger partial charge in [-0.2, -0.15) is 0 Å². The van der Waals surface area contributed by atoms with Crippen molar-refractivity contribution < 1.29 is 4.39 Å². The highest BCUT2D eigenvalue weighted by Gasteiger charge is 2.23. The summed E-state index contributed by atoms with van der Waals surface area (Å²) in [5.74, 6) is -0.117. The van der Waals surface area contributed by atoms with E-state index in [-0.39, 0.29) is 30.3 Å². The molecule has 1 fully saturated rings. The highest BCUT2D eigenvalue weighted by molar-refractivity contribution is 5.85. The van der Waals surface area contributed by atoms with E-state index in [2.05, 4.69) is 11.8 Å². The van der Waals surface area contributed by atoms with Gasteiger partial charge in [-0.25, -0.2) is 4.39 Å². The minimum Gasteiger partial charge on any atom is -0.327 e. The van der Waals surface area contributed by atoms with Crippen LogP contribution >= 0.6 is 12.4 Å². The number of piperidine rings is 1. The first-order valence-electron chi connectivity index (χ1n) is 5.92. The third kappa shape index (κ3) is 3.41. The third-order valence-corrected chi connectivity index (χ3v) is 3.39. The smallest absolute Gasteiger partial charge is 0.127 e. The molecule has 0 aromatic heterocycles. The Balaban J connectivity index is 0.00000144. The summed E-state index contributed by atoms with van der Waals surface area (Å²) >= 11 is 0. The molecule has 1 saturated heterocycles. The standard InChI is InChI=1S/C13H19FN2.ClH/c1-10(12-6-2-3-7-13(12)14)16-8-4-5-11(15)9-16;/h2-3,6-7,10-11H,4-5,8-9,15H2,1H3;1H. The van der Waals surface area contributed by atoms with Gasteiger partial charge in [-0.15, -0.1) is 12.4 Å². The van der Waals surface area contributed by atoms with E-state index in [0.29, 0.717) is 0 Å². The molecule has 1 aliphatic rings. The van der Waals surface area contributed by atoms with Crippen molar-refractivity contribution in [1.82, 2.24) is 4.90 Å². The highest BCUT2D eigenvalue weighted by Crippen LogP contribution is 2.25. The summed E-state index contributed by atoms with van der Waals surface area (Å²) < 4.78 is 13.6. The number of halogens is 2. The fraction of sp³-hybridized carbons (Fsp3) is 0.538. The van der Waals surface area contributed by atoms with E-state index in [4.69, 9.17) is 5.73 Å². The Kier molecular flexibility index (Phi) is 5.37. The van der Waals surface area contributed by atoms with E-state index in [1.807, 2.05) is 12.1 Å². The molecule has 4 heteroatoms. The molecule has 1 aromatic carbocycles. The quantitative estimate of drug-likeness (QED) is 0.884. The van der Waals surface area contributed by atoms with Crippen molar-refractivity contribution in [3.05, 3.63) is 35.6 Å². The van der Waals surface area contributed by atoms with E-state index in [9.17, 15) is 4.39 Å². The van der Waals surface area contributed by atoms with Crippen LogP contribution in [0.4, 0.5) is 4.39 Å². The van der Waals surface area contributed by atoms with E-state index in [0.717, 1.165) is 31.5 Å². The predicted molar refractivity (Wildman–Crippen MR) is 70.8 cm³/mol. The first-order chi connectivity index (χ1) is 7.68. The molecular weight excluding hydrogens is 239 g/mol. The molecule has 96 valence electrons. The molecule has 1 heterocycles. The SMILES string of the molecule is CC(c1ccccc1F)N1CCCC(N)C1.Cl. The number of nitrogens with two attached hydrogens (primary N) is 1. The van der Waals surface area contributed by atoms with Crippen LogP contribution in [0.15, 0.2) is 24.3 Å². The molecular formula is C13H20ClFN2. The Morgan fingerprint density at radius 3 is 2.76 bits per heavy atom. The average Bonchev–Trinajstić information content (AvgIpc) is 2.29. The lowest BCUT2D eigenvalue weighted by atomic mass is 10.0. The fourth-order valence-corrected chi connectivity index (χ4v) is 2.40. The second kappa shape index (κ2) is 6.34. The van der Waals surface area contributed by atoms with E-state index in [1.165, 1.54) is 6.07 Å². The Hall–Kier alpha value is -0.640. The maximum atomic E-state index is 13.6. The second-order valence-corrected chi connectivity index (χ2v) is 4.59. The van der Waals surface area contributed by atoms with Crippen molar-refractivity contribution in [3.63, 3.8) is 0 Å². The van der Waals surface area contributed by atoms with E-state index in [1.54, 1.807) is 6.07 Å². The summed E-state index contributed by atoms with van der Waals surface area (Å²) in [6, 6.07) is 7.36. The van der Waals surface area contributed by atoms with E-state index >= 15 is 0 Å². The summed E-state index contributed by atoms with van der Waals surface area (Å²) in [5, 5.41) is 0. The fourth-order valence-electron chi connectivity index (χ4n) is 2.40. The molecule has 17 heavy (non-hydrogen) atoms. The van der Waals surface area contributed by atoms with Gasteiger partial charge in [0.25, 0.3) is 0 Å². The third-order valence-electron chi connectivity index (χ3n) is 3.39. The largest absolute Gasteiger partial charge is 0.327 e. The summed E-state index contributed by atoms with van der Waals surface area (Å²) in [7, 11) is 0. The molecule has 2 atom stereocenters. The van der Waals surface area contributed by atoms with Gasteiger partial charge in [0.05, 0.1) is 0 Å². The summed E-state index contributed by atoms with van der Waals surface area (Å²) in [6.07, 6.45) is 2.19. The molecule has 2 rings (SSSR count). The predicted octanol–water partition coefficient (Wildman–Crippen LogP) is 2.73. The zero-order chi connectivity index (χ0) is 11.5. The number of nitrogens with zero attached hydrogens (tertiary/aromatic N) is 1. The second-order valence-electron chi connectivity index (χ2n) is 4.59. The van der Waals surface area contributed by atoms with Gasteiger partial charge in [0, 0.05) is 24.2 Å². The highest BCUT2D eigenvalue weighted by atomic mass is 35.5. The molecule has 0 radical (unpaired) electrons. The number of hydrogen-bond acceptors (Lipinski definition) is 2. The molecule has 0 spiro atoms. The number of hydrogen-bond donors (Lipinski definition) is 1. The monoisotopic (exact) mass is 258 g/mol. The molecule has 1 aromatic rings. The maximum absolute atomic E-state index is 13.6.